The highest BCUT2D eigenvalue weighted by molar-refractivity contribution is 8.00. The van der Waals surface area contributed by atoms with Gasteiger partial charge in [0.1, 0.15) is 0 Å². The van der Waals surface area contributed by atoms with Crippen LogP contribution in [0.15, 0.2) is 65.6 Å². The Labute approximate surface area is 178 Å². The van der Waals surface area contributed by atoms with E-state index in [4.69, 9.17) is 4.79 Å². The van der Waals surface area contributed by atoms with Gasteiger partial charge in [-0.25, -0.2) is 0 Å². The van der Waals surface area contributed by atoms with Crippen molar-refractivity contribution in [1.82, 2.24) is 0 Å². The van der Waals surface area contributed by atoms with Crippen molar-refractivity contribution in [2.45, 2.75) is 37.5 Å². The predicted octanol–water partition coefficient (Wildman–Crippen LogP) is 6.40. The molecule has 0 saturated heterocycles. The smallest absolute Gasteiger partial charge is 0.204 e. The minimum atomic E-state index is 0.250. The molecular formula is C23H32N2OS2. The standard InChI is InChI=1S/C22H29NS2.CH3NO/c1-5-18(2)10-8-9-17-25-20-15-13-19(14-16-20)21-11-6-7-12-22(21)23(3)24-4;2-1-3/h6-7,11-16H,2,5,8-10,17H2,1,3-4H3;1H,(H2,2,3). The van der Waals surface area contributed by atoms with E-state index in [9.17, 15) is 0 Å². The van der Waals surface area contributed by atoms with Crippen LogP contribution in [0.5, 0.6) is 0 Å². The zero-order valence-corrected chi connectivity index (χ0v) is 18.8. The van der Waals surface area contributed by atoms with Gasteiger partial charge in [0.05, 0.1) is 5.69 Å². The summed E-state index contributed by atoms with van der Waals surface area (Å²) >= 11 is 3.69. The normalized spacial score (nSPS) is 9.96. The van der Waals surface area contributed by atoms with Gasteiger partial charge in [0.2, 0.25) is 6.41 Å². The molecule has 2 aromatic carbocycles. The summed E-state index contributed by atoms with van der Waals surface area (Å²) < 4.78 is 2.21. The first kappa shape index (κ1) is 24.2. The van der Waals surface area contributed by atoms with E-state index >= 15 is 0 Å². The molecule has 0 aliphatic heterocycles. The average molecular weight is 417 g/mol. The third kappa shape index (κ3) is 8.44. The molecule has 0 heterocycles. The van der Waals surface area contributed by atoms with Crippen LogP contribution in [0, 0.1) is 0 Å². The number of para-hydroxylation sites is 1. The highest BCUT2D eigenvalue weighted by Crippen LogP contribution is 2.33. The number of hydrogen-bond donors (Lipinski definition) is 1. The first-order chi connectivity index (χ1) is 13.6. The van der Waals surface area contributed by atoms with Crippen molar-refractivity contribution in [3.8, 4) is 11.1 Å². The summed E-state index contributed by atoms with van der Waals surface area (Å²) in [6.45, 7) is 6.27. The molecule has 152 valence electrons. The number of hydrogen-bond acceptors (Lipinski definition) is 4. The molecule has 1 amide bonds. The van der Waals surface area contributed by atoms with Crippen LogP contribution >= 0.6 is 23.7 Å². The number of benzene rings is 2. The third-order valence-electron chi connectivity index (χ3n) is 4.38. The third-order valence-corrected chi connectivity index (χ3v) is 6.22. The van der Waals surface area contributed by atoms with Gasteiger partial charge in [0, 0.05) is 23.8 Å². The summed E-state index contributed by atoms with van der Waals surface area (Å²) in [6, 6.07) is 17.6. The van der Waals surface area contributed by atoms with E-state index in [0.717, 1.165) is 6.42 Å². The number of rotatable bonds is 10. The van der Waals surface area contributed by atoms with Crippen LogP contribution in [0.25, 0.3) is 11.1 Å². The lowest BCUT2D eigenvalue weighted by atomic mass is 10.0. The first-order valence-electron chi connectivity index (χ1n) is 9.49. The summed E-state index contributed by atoms with van der Waals surface area (Å²) in [4.78, 5) is 9.94. The molecule has 0 bridgehead atoms. The zero-order chi connectivity index (χ0) is 20.8. The van der Waals surface area contributed by atoms with E-state index in [1.165, 1.54) is 52.3 Å². The Morgan fingerprint density at radius 2 is 1.79 bits per heavy atom. The van der Waals surface area contributed by atoms with Crippen molar-refractivity contribution in [2.24, 2.45) is 5.73 Å². The zero-order valence-electron chi connectivity index (χ0n) is 17.2. The number of nitrogens with zero attached hydrogens (tertiary/aromatic N) is 1. The molecule has 28 heavy (non-hydrogen) atoms. The Kier molecular flexibility index (Phi) is 12.3. The number of amides is 1. The number of thioether (sulfide) groups is 1. The van der Waals surface area contributed by atoms with Gasteiger partial charge in [-0.1, -0.05) is 61.4 Å². The maximum Gasteiger partial charge on any atom is 0.204 e. The van der Waals surface area contributed by atoms with Gasteiger partial charge in [0.15, 0.2) is 0 Å². The van der Waals surface area contributed by atoms with Crippen molar-refractivity contribution in [1.29, 1.82) is 0 Å². The van der Waals surface area contributed by atoms with Crippen LogP contribution in [0.3, 0.4) is 0 Å². The maximum atomic E-state index is 8.58. The van der Waals surface area contributed by atoms with Crippen molar-refractivity contribution < 1.29 is 4.79 Å². The highest BCUT2D eigenvalue weighted by atomic mass is 32.2. The quantitative estimate of drug-likeness (QED) is 0.160. The molecular weight excluding hydrogens is 384 g/mol. The van der Waals surface area contributed by atoms with Crippen LogP contribution in [-0.4, -0.2) is 25.5 Å². The Balaban J connectivity index is 0.00000122. The molecule has 0 aliphatic carbocycles. The highest BCUT2D eigenvalue weighted by Gasteiger charge is 2.08. The predicted molar refractivity (Wildman–Crippen MR) is 128 cm³/mol. The number of carbonyl (C=O) groups is 1. The lowest BCUT2D eigenvalue weighted by molar-refractivity contribution is -0.106. The molecule has 0 spiro atoms. The van der Waals surface area contributed by atoms with Crippen LogP contribution in [-0.2, 0) is 4.79 Å². The van der Waals surface area contributed by atoms with Gasteiger partial charge in [-0.3, -0.25) is 4.79 Å². The van der Waals surface area contributed by atoms with Gasteiger partial charge in [-0.05, 0) is 55.2 Å². The minimum Gasteiger partial charge on any atom is -0.372 e. The number of anilines is 1. The van der Waals surface area contributed by atoms with E-state index in [1.807, 2.05) is 11.8 Å². The van der Waals surface area contributed by atoms with Crippen molar-refractivity contribution in [3.05, 3.63) is 60.7 Å². The molecule has 0 saturated carbocycles. The Bertz CT molecular complexity index is 717. The topological polar surface area (TPSA) is 46.3 Å². The Hall–Kier alpha value is -1.85. The second-order valence-electron chi connectivity index (χ2n) is 6.27. The average Bonchev–Trinajstić information content (AvgIpc) is 2.73. The Morgan fingerprint density at radius 1 is 1.14 bits per heavy atom. The first-order valence-corrected chi connectivity index (χ1v) is 11.7. The maximum absolute atomic E-state index is 8.58. The van der Waals surface area contributed by atoms with E-state index < -0.39 is 0 Å². The molecule has 0 aliphatic rings. The van der Waals surface area contributed by atoms with E-state index in [-0.39, 0.29) is 6.41 Å². The van der Waals surface area contributed by atoms with Gasteiger partial charge in [0.25, 0.3) is 0 Å². The second kappa shape index (κ2) is 14.2. The molecule has 2 N–H and O–H groups in total. The van der Waals surface area contributed by atoms with E-state index in [1.54, 1.807) is 11.9 Å². The minimum absolute atomic E-state index is 0.250. The van der Waals surface area contributed by atoms with Gasteiger partial charge >= 0.3 is 0 Å². The van der Waals surface area contributed by atoms with Crippen LogP contribution < -0.4 is 10.0 Å². The number of allylic oxidation sites excluding steroid dienone is 1. The van der Waals surface area contributed by atoms with Gasteiger partial charge in [-0.15, -0.1) is 11.8 Å². The monoisotopic (exact) mass is 416 g/mol. The molecule has 5 heteroatoms. The summed E-state index contributed by atoms with van der Waals surface area (Å²) in [5.74, 6) is 1.18. The number of carbonyl (C=O) groups excluding carboxylic acids is 1. The summed E-state index contributed by atoms with van der Waals surface area (Å²) in [5, 5.41) is 0. The number of unbranched alkanes of at least 4 members (excludes halogenated alkanes) is 1. The van der Waals surface area contributed by atoms with Crippen molar-refractivity contribution >= 4 is 35.8 Å². The van der Waals surface area contributed by atoms with E-state index in [0.29, 0.717) is 0 Å². The molecule has 0 radical (unpaired) electrons. The van der Waals surface area contributed by atoms with Gasteiger partial charge < -0.3 is 10.0 Å². The fourth-order valence-electron chi connectivity index (χ4n) is 2.67. The van der Waals surface area contributed by atoms with Gasteiger partial charge in [-0.2, -0.15) is 0 Å². The van der Waals surface area contributed by atoms with Crippen LogP contribution in [0.4, 0.5) is 5.69 Å². The molecule has 2 aromatic rings. The van der Waals surface area contributed by atoms with Crippen LogP contribution in [0.2, 0.25) is 0 Å². The fraction of sp³-hybridized carbons (Fsp3) is 0.348. The molecule has 0 unspecified atom stereocenters. The molecule has 2 rings (SSSR count). The van der Waals surface area contributed by atoms with Crippen molar-refractivity contribution in [2.75, 3.05) is 23.4 Å². The summed E-state index contributed by atoms with van der Waals surface area (Å²) in [7, 11) is 2.11. The SMILES string of the molecule is C=C(CC)CCCCSc1ccc(-c2ccccc2N(C)SC)cc1.NC=O. The Morgan fingerprint density at radius 3 is 2.39 bits per heavy atom. The van der Waals surface area contributed by atoms with E-state index in [2.05, 4.69) is 85.4 Å². The lowest BCUT2D eigenvalue weighted by Gasteiger charge is -2.19. The molecule has 0 fully saturated rings. The summed E-state index contributed by atoms with van der Waals surface area (Å²) in [5.41, 5.74) is 9.36. The second-order valence-corrected chi connectivity index (χ2v) is 8.35. The number of primary amides is 1. The molecule has 0 aromatic heterocycles. The largest absolute Gasteiger partial charge is 0.372 e. The number of nitrogens with two attached hydrogens (primary N) is 1. The molecule has 3 nitrogen and oxygen atoms in total. The fourth-order valence-corrected chi connectivity index (χ4v) is 3.93. The summed E-state index contributed by atoms with van der Waals surface area (Å²) in [6.07, 6.45) is 7.16. The molecule has 0 atom stereocenters. The lowest BCUT2D eigenvalue weighted by Crippen LogP contribution is -2.06. The van der Waals surface area contributed by atoms with Crippen molar-refractivity contribution in [3.63, 3.8) is 0 Å². The van der Waals surface area contributed by atoms with Crippen LogP contribution in [0.1, 0.15) is 32.6 Å².